The minimum Gasteiger partial charge on any atom is -0.389 e. The summed E-state index contributed by atoms with van der Waals surface area (Å²) < 4.78 is 0. The van der Waals surface area contributed by atoms with Gasteiger partial charge in [0.25, 0.3) is 0 Å². The third-order valence-electron chi connectivity index (χ3n) is 3.07. The van der Waals surface area contributed by atoms with E-state index in [0.717, 1.165) is 0 Å². The molecular weight excluding hydrogens is 192 g/mol. The molecule has 4 atom stereocenters. The van der Waals surface area contributed by atoms with Gasteiger partial charge >= 0.3 is 0 Å². The Bertz CT molecular complexity index is 203. The quantitative estimate of drug-likeness (QED) is 0.597. The van der Waals surface area contributed by atoms with Gasteiger partial charge in [-0.15, -0.1) is 0 Å². The molecule has 1 aliphatic rings. The van der Waals surface area contributed by atoms with E-state index in [0.29, 0.717) is 13.1 Å². The SMILES string of the molecule is CC(N)C(N1CC(O)C(O)C1)C(C)(C)C. The van der Waals surface area contributed by atoms with Crippen molar-refractivity contribution in [3.05, 3.63) is 0 Å². The topological polar surface area (TPSA) is 69.7 Å². The van der Waals surface area contributed by atoms with E-state index in [1.807, 2.05) is 6.92 Å². The van der Waals surface area contributed by atoms with Crippen molar-refractivity contribution in [2.45, 2.75) is 52.0 Å². The molecule has 1 fully saturated rings. The second-order valence-corrected chi connectivity index (χ2v) is 5.76. The van der Waals surface area contributed by atoms with Crippen LogP contribution in [-0.2, 0) is 0 Å². The van der Waals surface area contributed by atoms with E-state index >= 15 is 0 Å². The minimum atomic E-state index is -0.631. The fraction of sp³-hybridized carbons (Fsp3) is 1.00. The van der Waals surface area contributed by atoms with Crippen LogP contribution in [0.5, 0.6) is 0 Å². The summed E-state index contributed by atoms with van der Waals surface area (Å²) in [6, 6.07) is 0.215. The molecular formula is C11H24N2O2. The largest absolute Gasteiger partial charge is 0.389 e. The summed E-state index contributed by atoms with van der Waals surface area (Å²) in [5, 5.41) is 19.1. The fourth-order valence-electron chi connectivity index (χ4n) is 2.69. The van der Waals surface area contributed by atoms with Gasteiger partial charge in [-0.2, -0.15) is 0 Å². The second kappa shape index (κ2) is 4.37. The first-order chi connectivity index (χ1) is 6.73. The number of nitrogens with two attached hydrogens (primary N) is 1. The van der Waals surface area contributed by atoms with Crippen LogP contribution in [0.15, 0.2) is 0 Å². The van der Waals surface area contributed by atoms with Crippen molar-refractivity contribution < 1.29 is 10.2 Å². The van der Waals surface area contributed by atoms with E-state index in [1.54, 1.807) is 0 Å². The normalized spacial score (nSPS) is 33.0. The van der Waals surface area contributed by atoms with Crippen LogP contribution in [0.4, 0.5) is 0 Å². The fourth-order valence-corrected chi connectivity index (χ4v) is 2.69. The van der Waals surface area contributed by atoms with Crippen molar-refractivity contribution in [1.82, 2.24) is 4.90 Å². The van der Waals surface area contributed by atoms with Gasteiger partial charge in [-0.25, -0.2) is 0 Å². The summed E-state index contributed by atoms with van der Waals surface area (Å²) in [5.41, 5.74) is 6.04. The molecule has 1 heterocycles. The van der Waals surface area contributed by atoms with Gasteiger partial charge in [-0.05, 0) is 12.3 Å². The zero-order valence-electron chi connectivity index (χ0n) is 10.1. The van der Waals surface area contributed by atoms with Gasteiger partial charge in [0.05, 0.1) is 12.2 Å². The summed E-state index contributed by atoms with van der Waals surface area (Å²) >= 11 is 0. The lowest BCUT2D eigenvalue weighted by atomic mass is 9.82. The van der Waals surface area contributed by atoms with Crippen molar-refractivity contribution in [3.8, 4) is 0 Å². The standard InChI is InChI=1S/C11H24N2O2/c1-7(12)10(11(2,3)4)13-5-8(14)9(15)6-13/h7-10,14-15H,5-6,12H2,1-4H3. The molecule has 0 amide bonds. The first kappa shape index (κ1) is 12.9. The van der Waals surface area contributed by atoms with E-state index in [9.17, 15) is 10.2 Å². The molecule has 0 aliphatic carbocycles. The monoisotopic (exact) mass is 216 g/mol. The van der Waals surface area contributed by atoms with Gasteiger partial charge in [0.2, 0.25) is 0 Å². The summed E-state index contributed by atoms with van der Waals surface area (Å²) in [4.78, 5) is 2.10. The number of hydrogen-bond acceptors (Lipinski definition) is 4. The van der Waals surface area contributed by atoms with Gasteiger partial charge < -0.3 is 15.9 Å². The van der Waals surface area contributed by atoms with Crippen molar-refractivity contribution >= 4 is 0 Å². The van der Waals surface area contributed by atoms with Crippen LogP contribution >= 0.6 is 0 Å². The Morgan fingerprint density at radius 1 is 1.20 bits per heavy atom. The number of hydrogen-bond donors (Lipinski definition) is 3. The minimum absolute atomic E-state index is 0.0301. The van der Waals surface area contributed by atoms with Crippen molar-refractivity contribution in [2.24, 2.45) is 11.1 Å². The molecule has 0 aromatic carbocycles. The summed E-state index contributed by atoms with van der Waals surface area (Å²) in [6.45, 7) is 9.43. The van der Waals surface area contributed by atoms with Gasteiger partial charge in [0.1, 0.15) is 0 Å². The van der Waals surface area contributed by atoms with Crippen molar-refractivity contribution in [3.63, 3.8) is 0 Å². The number of likely N-dealkylation sites (tertiary alicyclic amines) is 1. The average Bonchev–Trinajstić information content (AvgIpc) is 2.27. The van der Waals surface area contributed by atoms with Crippen LogP contribution in [0.3, 0.4) is 0 Å². The number of rotatable bonds is 2. The second-order valence-electron chi connectivity index (χ2n) is 5.76. The van der Waals surface area contributed by atoms with E-state index in [4.69, 9.17) is 5.73 Å². The van der Waals surface area contributed by atoms with Crippen molar-refractivity contribution in [2.75, 3.05) is 13.1 Å². The van der Waals surface area contributed by atoms with Gasteiger partial charge in [-0.1, -0.05) is 20.8 Å². The van der Waals surface area contributed by atoms with Crippen LogP contribution in [0.1, 0.15) is 27.7 Å². The molecule has 4 unspecified atom stereocenters. The highest BCUT2D eigenvalue weighted by molar-refractivity contribution is 4.95. The molecule has 0 radical (unpaired) electrons. The zero-order chi connectivity index (χ0) is 11.8. The predicted molar refractivity (Wildman–Crippen MR) is 60.5 cm³/mol. The molecule has 4 nitrogen and oxygen atoms in total. The number of aliphatic hydroxyl groups excluding tert-OH is 2. The Balaban J connectivity index is 2.75. The smallest absolute Gasteiger partial charge is 0.0938 e. The third kappa shape index (κ3) is 2.91. The average molecular weight is 216 g/mol. The molecule has 0 bridgehead atoms. The molecule has 0 saturated carbocycles. The molecule has 4 N–H and O–H groups in total. The first-order valence-corrected chi connectivity index (χ1v) is 5.59. The highest BCUT2D eigenvalue weighted by Crippen LogP contribution is 2.29. The van der Waals surface area contributed by atoms with E-state index in [1.165, 1.54) is 0 Å². The maximum Gasteiger partial charge on any atom is 0.0938 e. The number of β-amino-alcohol motifs (C(OH)–C–C–N with tert-alkyl or cyclic N) is 2. The molecule has 15 heavy (non-hydrogen) atoms. The highest BCUT2D eigenvalue weighted by atomic mass is 16.3. The van der Waals surface area contributed by atoms with Gasteiger partial charge in [0.15, 0.2) is 0 Å². The maximum absolute atomic E-state index is 9.53. The molecule has 90 valence electrons. The van der Waals surface area contributed by atoms with E-state index in [2.05, 4.69) is 25.7 Å². The molecule has 0 aromatic heterocycles. The Hall–Kier alpha value is -0.160. The molecule has 4 heteroatoms. The Morgan fingerprint density at radius 2 is 1.60 bits per heavy atom. The zero-order valence-corrected chi connectivity index (χ0v) is 10.1. The van der Waals surface area contributed by atoms with E-state index < -0.39 is 12.2 Å². The molecule has 0 aromatic rings. The highest BCUT2D eigenvalue weighted by Gasteiger charge is 2.40. The summed E-state index contributed by atoms with van der Waals surface area (Å²) in [6.07, 6.45) is -1.26. The summed E-state index contributed by atoms with van der Waals surface area (Å²) in [5.74, 6) is 0. The molecule has 1 aliphatic heterocycles. The van der Waals surface area contributed by atoms with Gasteiger partial charge in [-0.3, -0.25) is 4.90 Å². The lowest BCUT2D eigenvalue weighted by Gasteiger charge is -2.40. The maximum atomic E-state index is 9.53. The predicted octanol–water partition coefficient (Wildman–Crippen LogP) is -0.214. The summed E-state index contributed by atoms with van der Waals surface area (Å²) in [7, 11) is 0. The number of aliphatic hydroxyl groups is 2. The third-order valence-corrected chi connectivity index (χ3v) is 3.07. The molecule has 1 saturated heterocycles. The van der Waals surface area contributed by atoms with Crippen LogP contribution < -0.4 is 5.73 Å². The number of nitrogens with zero attached hydrogens (tertiary/aromatic N) is 1. The Kier molecular flexibility index (Phi) is 3.76. The Morgan fingerprint density at radius 3 is 1.87 bits per heavy atom. The first-order valence-electron chi connectivity index (χ1n) is 5.59. The lowest BCUT2D eigenvalue weighted by Crippen LogP contribution is -2.53. The van der Waals surface area contributed by atoms with Gasteiger partial charge in [0, 0.05) is 25.2 Å². The van der Waals surface area contributed by atoms with Crippen LogP contribution in [0.25, 0.3) is 0 Å². The lowest BCUT2D eigenvalue weighted by molar-refractivity contribution is 0.0572. The molecule has 1 rings (SSSR count). The van der Waals surface area contributed by atoms with E-state index in [-0.39, 0.29) is 17.5 Å². The van der Waals surface area contributed by atoms with Crippen LogP contribution in [0.2, 0.25) is 0 Å². The Labute approximate surface area is 92.1 Å². The molecule has 0 spiro atoms. The van der Waals surface area contributed by atoms with Crippen LogP contribution in [-0.4, -0.2) is 52.5 Å². The van der Waals surface area contributed by atoms with Crippen LogP contribution in [0, 0.1) is 5.41 Å². The van der Waals surface area contributed by atoms with Crippen molar-refractivity contribution in [1.29, 1.82) is 0 Å².